The summed E-state index contributed by atoms with van der Waals surface area (Å²) < 4.78 is 1.34. The SMILES string of the molecule is CC[C@H](C)[C@H](C)NC(=O)c1nn(CC)c(=O)c2ccccc12. The summed E-state index contributed by atoms with van der Waals surface area (Å²) in [6, 6.07) is 7.18. The summed E-state index contributed by atoms with van der Waals surface area (Å²) >= 11 is 0. The fourth-order valence-electron chi connectivity index (χ4n) is 2.39. The lowest BCUT2D eigenvalue weighted by Crippen LogP contribution is -2.38. The van der Waals surface area contributed by atoms with Gasteiger partial charge in [0.2, 0.25) is 0 Å². The van der Waals surface area contributed by atoms with Gasteiger partial charge in [-0.1, -0.05) is 38.5 Å². The first-order valence-electron chi connectivity index (χ1n) is 7.80. The smallest absolute Gasteiger partial charge is 0.274 e. The molecule has 0 unspecified atom stereocenters. The lowest BCUT2D eigenvalue weighted by molar-refractivity contribution is 0.0922. The third-order valence-electron chi connectivity index (χ3n) is 4.24. The van der Waals surface area contributed by atoms with Gasteiger partial charge in [0.1, 0.15) is 0 Å². The highest BCUT2D eigenvalue weighted by Gasteiger charge is 2.19. The van der Waals surface area contributed by atoms with Gasteiger partial charge in [0.25, 0.3) is 11.5 Å². The molecule has 5 nitrogen and oxygen atoms in total. The lowest BCUT2D eigenvalue weighted by Gasteiger charge is -2.20. The van der Waals surface area contributed by atoms with Crippen LogP contribution in [0.1, 0.15) is 44.6 Å². The third-order valence-corrected chi connectivity index (χ3v) is 4.24. The average molecular weight is 301 g/mol. The van der Waals surface area contributed by atoms with E-state index in [0.717, 1.165) is 6.42 Å². The number of carbonyl (C=O) groups is 1. The Morgan fingerprint density at radius 3 is 2.45 bits per heavy atom. The Bertz CT molecular complexity index is 736. The van der Waals surface area contributed by atoms with Gasteiger partial charge in [0.05, 0.1) is 5.39 Å². The van der Waals surface area contributed by atoms with Crippen LogP contribution in [0, 0.1) is 5.92 Å². The minimum absolute atomic E-state index is 0.0556. The maximum atomic E-state index is 12.6. The maximum absolute atomic E-state index is 12.6. The van der Waals surface area contributed by atoms with Crippen molar-refractivity contribution in [3.8, 4) is 0 Å². The number of benzene rings is 1. The fourth-order valence-corrected chi connectivity index (χ4v) is 2.39. The van der Waals surface area contributed by atoms with Gasteiger partial charge in [0.15, 0.2) is 5.69 Å². The second-order valence-corrected chi connectivity index (χ2v) is 5.66. The number of hydrogen-bond donors (Lipinski definition) is 1. The summed E-state index contributed by atoms with van der Waals surface area (Å²) in [5, 5.41) is 8.37. The Kier molecular flexibility index (Phi) is 4.96. The van der Waals surface area contributed by atoms with Crippen LogP contribution in [0.15, 0.2) is 29.1 Å². The number of aromatic nitrogens is 2. The van der Waals surface area contributed by atoms with Gasteiger partial charge in [-0.2, -0.15) is 5.10 Å². The molecule has 1 amide bonds. The number of carbonyl (C=O) groups excluding carboxylic acids is 1. The van der Waals surface area contributed by atoms with Crippen LogP contribution in [0.25, 0.3) is 10.8 Å². The Morgan fingerprint density at radius 2 is 1.86 bits per heavy atom. The van der Waals surface area contributed by atoms with Gasteiger partial charge < -0.3 is 5.32 Å². The van der Waals surface area contributed by atoms with Gasteiger partial charge in [-0.15, -0.1) is 0 Å². The largest absolute Gasteiger partial charge is 0.348 e. The Balaban J connectivity index is 2.48. The summed E-state index contributed by atoms with van der Waals surface area (Å²) in [4.78, 5) is 24.9. The molecule has 0 aliphatic heterocycles. The van der Waals surface area contributed by atoms with Crippen LogP contribution < -0.4 is 10.9 Å². The molecule has 1 aromatic heterocycles. The van der Waals surface area contributed by atoms with E-state index in [1.54, 1.807) is 18.2 Å². The number of rotatable bonds is 5. The number of aryl methyl sites for hydroxylation is 1. The van der Waals surface area contributed by atoms with Crippen molar-refractivity contribution in [1.29, 1.82) is 0 Å². The quantitative estimate of drug-likeness (QED) is 0.923. The fraction of sp³-hybridized carbons (Fsp3) is 0.471. The van der Waals surface area contributed by atoms with Crippen LogP contribution >= 0.6 is 0 Å². The highest BCUT2D eigenvalue weighted by Crippen LogP contribution is 2.14. The molecular formula is C17H23N3O2. The number of hydrogen-bond acceptors (Lipinski definition) is 3. The molecule has 2 aromatic rings. The van der Waals surface area contributed by atoms with Crippen molar-refractivity contribution in [2.75, 3.05) is 0 Å². The van der Waals surface area contributed by atoms with Gasteiger partial charge in [-0.25, -0.2) is 4.68 Å². The molecule has 1 aromatic carbocycles. The molecule has 0 saturated heterocycles. The molecule has 118 valence electrons. The molecule has 1 N–H and O–H groups in total. The van der Waals surface area contributed by atoms with E-state index >= 15 is 0 Å². The standard InChI is InChI=1S/C17H23N3O2/c1-5-11(3)12(4)18-16(21)15-13-9-7-8-10-14(13)17(22)20(6-2)19-15/h7-12H,5-6H2,1-4H3,(H,18,21)/t11-,12-/m0/s1. The molecule has 0 aliphatic rings. The third kappa shape index (κ3) is 3.03. The number of amides is 1. The predicted molar refractivity (Wildman–Crippen MR) is 88.1 cm³/mol. The van der Waals surface area contributed by atoms with E-state index in [4.69, 9.17) is 0 Å². The highest BCUT2D eigenvalue weighted by atomic mass is 16.2. The van der Waals surface area contributed by atoms with Crippen LogP contribution in [0.4, 0.5) is 0 Å². The van der Waals surface area contributed by atoms with Crippen LogP contribution in [0.2, 0.25) is 0 Å². The minimum atomic E-state index is -0.230. The second-order valence-electron chi connectivity index (χ2n) is 5.66. The van der Waals surface area contributed by atoms with Crippen LogP contribution in [-0.2, 0) is 6.54 Å². The molecule has 2 rings (SSSR count). The van der Waals surface area contributed by atoms with Gasteiger partial charge in [0, 0.05) is 18.0 Å². The first-order chi connectivity index (χ1) is 10.5. The van der Waals surface area contributed by atoms with E-state index in [1.165, 1.54) is 4.68 Å². The second kappa shape index (κ2) is 6.73. The van der Waals surface area contributed by atoms with Crippen molar-refractivity contribution in [3.63, 3.8) is 0 Å². The van der Waals surface area contributed by atoms with Crippen LogP contribution in [-0.4, -0.2) is 21.7 Å². The predicted octanol–water partition coefficient (Wildman–Crippen LogP) is 2.58. The zero-order valence-electron chi connectivity index (χ0n) is 13.6. The monoisotopic (exact) mass is 301 g/mol. The summed E-state index contributed by atoms with van der Waals surface area (Å²) in [6.45, 7) is 8.46. The molecular weight excluding hydrogens is 278 g/mol. The zero-order chi connectivity index (χ0) is 16.3. The molecule has 0 fully saturated rings. The first-order valence-corrected chi connectivity index (χ1v) is 7.80. The Morgan fingerprint density at radius 1 is 1.23 bits per heavy atom. The molecule has 5 heteroatoms. The summed E-state index contributed by atoms with van der Waals surface area (Å²) in [7, 11) is 0. The van der Waals surface area contributed by atoms with Gasteiger partial charge >= 0.3 is 0 Å². The first kappa shape index (κ1) is 16.2. The maximum Gasteiger partial charge on any atom is 0.274 e. The number of nitrogens with zero attached hydrogens (tertiary/aromatic N) is 2. The normalized spacial score (nSPS) is 13.8. The van der Waals surface area contributed by atoms with E-state index in [2.05, 4.69) is 24.3 Å². The van der Waals surface area contributed by atoms with Crippen molar-refractivity contribution >= 4 is 16.7 Å². The van der Waals surface area contributed by atoms with E-state index in [9.17, 15) is 9.59 Å². The molecule has 0 radical (unpaired) electrons. The van der Waals surface area contributed by atoms with Crippen molar-refractivity contribution in [2.45, 2.75) is 46.7 Å². The average Bonchev–Trinajstić information content (AvgIpc) is 2.54. The molecule has 22 heavy (non-hydrogen) atoms. The topological polar surface area (TPSA) is 64.0 Å². The van der Waals surface area contributed by atoms with E-state index in [1.807, 2.05) is 19.9 Å². The summed E-state index contributed by atoms with van der Waals surface area (Å²) in [5.74, 6) is 0.151. The molecule has 0 bridgehead atoms. The molecule has 2 atom stereocenters. The van der Waals surface area contributed by atoms with Gasteiger partial charge in [-0.3, -0.25) is 9.59 Å². The summed E-state index contributed by atoms with van der Waals surface area (Å²) in [6.07, 6.45) is 0.990. The van der Waals surface area contributed by atoms with Crippen molar-refractivity contribution in [2.24, 2.45) is 5.92 Å². The molecule has 0 spiro atoms. The Labute approximate surface area is 130 Å². The number of fused-ring (bicyclic) bond motifs is 1. The lowest BCUT2D eigenvalue weighted by atomic mass is 10.0. The van der Waals surface area contributed by atoms with Crippen LogP contribution in [0.5, 0.6) is 0 Å². The van der Waals surface area contributed by atoms with Crippen molar-refractivity contribution in [3.05, 3.63) is 40.3 Å². The Hall–Kier alpha value is -2.17. The molecule has 1 heterocycles. The zero-order valence-corrected chi connectivity index (χ0v) is 13.6. The summed E-state index contributed by atoms with van der Waals surface area (Å²) in [5.41, 5.74) is 0.150. The van der Waals surface area contributed by atoms with Crippen LogP contribution in [0.3, 0.4) is 0 Å². The molecule has 0 saturated carbocycles. The number of nitrogens with one attached hydrogen (secondary N) is 1. The molecule has 0 aliphatic carbocycles. The van der Waals surface area contributed by atoms with Crippen molar-refractivity contribution in [1.82, 2.24) is 15.1 Å². The minimum Gasteiger partial charge on any atom is -0.348 e. The van der Waals surface area contributed by atoms with E-state index in [0.29, 0.717) is 28.9 Å². The van der Waals surface area contributed by atoms with Gasteiger partial charge in [-0.05, 0) is 25.8 Å². The van der Waals surface area contributed by atoms with E-state index in [-0.39, 0.29) is 17.5 Å². The van der Waals surface area contributed by atoms with Crippen molar-refractivity contribution < 1.29 is 4.79 Å². The highest BCUT2D eigenvalue weighted by molar-refractivity contribution is 6.04. The van der Waals surface area contributed by atoms with E-state index < -0.39 is 0 Å².